The van der Waals surface area contributed by atoms with Gasteiger partial charge in [-0.15, -0.1) is 0 Å². The van der Waals surface area contributed by atoms with E-state index in [0.29, 0.717) is 0 Å². The van der Waals surface area contributed by atoms with Crippen LogP contribution in [0.25, 0.3) is 0 Å². The summed E-state index contributed by atoms with van der Waals surface area (Å²) in [4.78, 5) is 0. The van der Waals surface area contributed by atoms with Crippen LogP contribution in [-0.4, -0.2) is 31.5 Å². The van der Waals surface area contributed by atoms with Crippen molar-refractivity contribution in [1.82, 2.24) is 0 Å². The van der Waals surface area contributed by atoms with E-state index in [4.69, 9.17) is 9.47 Å². The number of hydrogen-bond donors (Lipinski definition) is 1. The highest BCUT2D eigenvalue weighted by molar-refractivity contribution is 5.25. The Balaban J connectivity index is 1.95. The zero-order valence-corrected chi connectivity index (χ0v) is 11.0. The number of ether oxygens (including phenoxy) is 2. The quantitative estimate of drug-likeness (QED) is 0.872. The molecule has 0 aromatic heterocycles. The van der Waals surface area contributed by atoms with Crippen molar-refractivity contribution in [2.24, 2.45) is 0 Å². The molecule has 1 aromatic rings. The van der Waals surface area contributed by atoms with Crippen LogP contribution in [0.5, 0.6) is 0 Å². The molecule has 18 heavy (non-hydrogen) atoms. The van der Waals surface area contributed by atoms with E-state index in [1.165, 1.54) is 5.56 Å². The maximum atomic E-state index is 10.3. The number of aliphatic hydroxyl groups excluding tert-OH is 1. The smallest absolute Gasteiger partial charge is 0.105 e. The highest BCUT2D eigenvalue weighted by Crippen LogP contribution is 2.26. The third kappa shape index (κ3) is 3.55. The Morgan fingerprint density at radius 1 is 1.33 bits per heavy atom. The Morgan fingerprint density at radius 2 is 2.11 bits per heavy atom. The number of benzene rings is 1. The van der Waals surface area contributed by atoms with Crippen molar-refractivity contribution in [3.63, 3.8) is 0 Å². The van der Waals surface area contributed by atoms with Crippen LogP contribution >= 0.6 is 0 Å². The lowest BCUT2D eigenvalue weighted by Crippen LogP contribution is -2.26. The SMILES string of the molecule is COCCc1ccc(C(O)C2CCCCO2)cc1. The molecule has 100 valence electrons. The van der Waals surface area contributed by atoms with Crippen LogP contribution < -0.4 is 0 Å². The standard InChI is InChI=1S/C15H22O3/c1-17-11-9-12-5-7-13(8-6-12)15(16)14-4-2-3-10-18-14/h5-8,14-16H,2-4,9-11H2,1H3. The van der Waals surface area contributed by atoms with Gasteiger partial charge in [0.25, 0.3) is 0 Å². The van der Waals surface area contributed by atoms with E-state index in [-0.39, 0.29) is 6.10 Å². The largest absolute Gasteiger partial charge is 0.386 e. The number of methoxy groups -OCH3 is 1. The highest BCUT2D eigenvalue weighted by atomic mass is 16.5. The summed E-state index contributed by atoms with van der Waals surface area (Å²) >= 11 is 0. The van der Waals surface area contributed by atoms with Gasteiger partial charge in [-0.1, -0.05) is 24.3 Å². The average molecular weight is 250 g/mol. The highest BCUT2D eigenvalue weighted by Gasteiger charge is 2.23. The van der Waals surface area contributed by atoms with Crippen LogP contribution in [0.3, 0.4) is 0 Å². The Kier molecular flexibility index (Phi) is 5.17. The van der Waals surface area contributed by atoms with Gasteiger partial charge in [-0.05, 0) is 36.8 Å². The molecule has 0 bridgehead atoms. The lowest BCUT2D eigenvalue weighted by atomic mass is 9.97. The minimum absolute atomic E-state index is 0.0384. The molecule has 0 spiro atoms. The van der Waals surface area contributed by atoms with Crippen molar-refractivity contribution in [1.29, 1.82) is 0 Å². The van der Waals surface area contributed by atoms with Gasteiger partial charge < -0.3 is 14.6 Å². The van der Waals surface area contributed by atoms with Gasteiger partial charge in [-0.25, -0.2) is 0 Å². The molecule has 3 heteroatoms. The summed E-state index contributed by atoms with van der Waals surface area (Å²) in [6.07, 6.45) is 3.58. The average Bonchev–Trinajstić information content (AvgIpc) is 2.46. The summed E-state index contributed by atoms with van der Waals surface area (Å²) in [5, 5.41) is 10.3. The van der Waals surface area contributed by atoms with E-state index in [0.717, 1.165) is 44.5 Å². The molecule has 3 nitrogen and oxygen atoms in total. The molecule has 2 unspecified atom stereocenters. The minimum atomic E-state index is -0.498. The molecule has 0 aliphatic carbocycles. The van der Waals surface area contributed by atoms with E-state index in [1.54, 1.807) is 7.11 Å². The van der Waals surface area contributed by atoms with Crippen LogP contribution in [0.15, 0.2) is 24.3 Å². The predicted octanol–water partition coefficient (Wildman–Crippen LogP) is 2.48. The zero-order valence-electron chi connectivity index (χ0n) is 11.0. The fourth-order valence-corrected chi connectivity index (χ4v) is 2.33. The van der Waals surface area contributed by atoms with Crippen LogP contribution in [0.2, 0.25) is 0 Å². The van der Waals surface area contributed by atoms with Crippen LogP contribution in [-0.2, 0) is 15.9 Å². The number of hydrogen-bond acceptors (Lipinski definition) is 3. The van der Waals surface area contributed by atoms with Gasteiger partial charge >= 0.3 is 0 Å². The molecule has 1 saturated heterocycles. The van der Waals surface area contributed by atoms with Crippen molar-refractivity contribution < 1.29 is 14.6 Å². The third-order valence-electron chi connectivity index (χ3n) is 3.48. The number of rotatable bonds is 5. The Bertz CT molecular complexity index is 341. The molecule has 1 aliphatic heterocycles. The molecule has 1 aromatic carbocycles. The van der Waals surface area contributed by atoms with Crippen molar-refractivity contribution >= 4 is 0 Å². The van der Waals surface area contributed by atoms with Gasteiger partial charge in [0.1, 0.15) is 6.10 Å². The van der Waals surface area contributed by atoms with Crippen molar-refractivity contribution in [3.8, 4) is 0 Å². The van der Waals surface area contributed by atoms with Crippen molar-refractivity contribution in [2.45, 2.75) is 37.9 Å². The Labute approximate surface area is 109 Å². The molecule has 0 amide bonds. The van der Waals surface area contributed by atoms with Crippen LogP contribution in [0.1, 0.15) is 36.5 Å². The van der Waals surface area contributed by atoms with E-state index >= 15 is 0 Å². The number of aliphatic hydroxyl groups is 1. The predicted molar refractivity (Wildman–Crippen MR) is 70.6 cm³/mol. The van der Waals surface area contributed by atoms with E-state index in [2.05, 4.69) is 12.1 Å². The van der Waals surface area contributed by atoms with Gasteiger partial charge in [0.05, 0.1) is 12.7 Å². The maximum absolute atomic E-state index is 10.3. The first kappa shape index (κ1) is 13.5. The second-order valence-electron chi connectivity index (χ2n) is 4.83. The molecule has 2 atom stereocenters. The van der Waals surface area contributed by atoms with Gasteiger partial charge in [-0.3, -0.25) is 0 Å². The van der Waals surface area contributed by atoms with Gasteiger partial charge in [0.2, 0.25) is 0 Å². The monoisotopic (exact) mass is 250 g/mol. The van der Waals surface area contributed by atoms with Gasteiger partial charge in [0, 0.05) is 13.7 Å². The molecule has 0 saturated carbocycles. The summed E-state index contributed by atoms with van der Waals surface area (Å²) in [6.45, 7) is 1.50. The van der Waals surface area contributed by atoms with Crippen molar-refractivity contribution in [2.75, 3.05) is 20.3 Å². The molecule has 1 N–H and O–H groups in total. The summed E-state index contributed by atoms with van der Waals surface area (Å²) in [5.41, 5.74) is 2.18. The normalized spacial score (nSPS) is 21.8. The van der Waals surface area contributed by atoms with Crippen LogP contribution in [0, 0.1) is 0 Å². The molecular weight excluding hydrogens is 228 g/mol. The summed E-state index contributed by atoms with van der Waals surface area (Å²) in [7, 11) is 1.71. The molecule has 2 rings (SSSR count). The lowest BCUT2D eigenvalue weighted by molar-refractivity contribution is -0.0633. The first-order chi connectivity index (χ1) is 8.81. The van der Waals surface area contributed by atoms with Crippen LogP contribution in [0.4, 0.5) is 0 Å². The second kappa shape index (κ2) is 6.88. The summed E-state index contributed by atoms with van der Waals surface area (Å²) in [6, 6.07) is 8.10. The molecule has 1 aliphatic rings. The summed E-state index contributed by atoms with van der Waals surface area (Å²) in [5.74, 6) is 0. The van der Waals surface area contributed by atoms with E-state index in [1.807, 2.05) is 12.1 Å². The molecule has 1 heterocycles. The maximum Gasteiger partial charge on any atom is 0.105 e. The third-order valence-corrected chi connectivity index (χ3v) is 3.48. The van der Waals surface area contributed by atoms with E-state index < -0.39 is 6.10 Å². The second-order valence-corrected chi connectivity index (χ2v) is 4.83. The first-order valence-corrected chi connectivity index (χ1v) is 6.68. The topological polar surface area (TPSA) is 38.7 Å². The van der Waals surface area contributed by atoms with Gasteiger partial charge in [-0.2, -0.15) is 0 Å². The lowest BCUT2D eigenvalue weighted by Gasteiger charge is -2.27. The van der Waals surface area contributed by atoms with Gasteiger partial charge in [0.15, 0.2) is 0 Å². The molecule has 1 fully saturated rings. The first-order valence-electron chi connectivity index (χ1n) is 6.68. The summed E-state index contributed by atoms with van der Waals surface area (Å²) < 4.78 is 10.7. The Morgan fingerprint density at radius 3 is 2.72 bits per heavy atom. The minimum Gasteiger partial charge on any atom is -0.386 e. The molecule has 0 radical (unpaired) electrons. The zero-order chi connectivity index (χ0) is 12.8. The fraction of sp³-hybridized carbons (Fsp3) is 0.600. The fourth-order valence-electron chi connectivity index (χ4n) is 2.33. The Hall–Kier alpha value is -0.900. The molecular formula is C15H22O3. The van der Waals surface area contributed by atoms with Crippen molar-refractivity contribution in [3.05, 3.63) is 35.4 Å². The van der Waals surface area contributed by atoms with E-state index in [9.17, 15) is 5.11 Å².